The van der Waals surface area contributed by atoms with Crippen molar-refractivity contribution in [3.63, 3.8) is 0 Å². The third-order valence-electron chi connectivity index (χ3n) is 2.34. The maximum Gasteiger partial charge on any atom is 0.573 e. The number of aromatic nitrogens is 1. The van der Waals surface area contributed by atoms with Crippen LogP contribution < -0.4 is 9.47 Å². The second-order valence-corrected chi connectivity index (χ2v) is 4.52. The molecule has 0 aliphatic carbocycles. The Kier molecular flexibility index (Phi) is 4.80. The molecule has 0 aliphatic heterocycles. The lowest BCUT2D eigenvalue weighted by Crippen LogP contribution is -2.17. The van der Waals surface area contributed by atoms with E-state index in [-0.39, 0.29) is 17.5 Å². The maximum atomic E-state index is 12.3. The molecule has 0 atom stereocenters. The molecule has 0 bridgehead atoms. The van der Waals surface area contributed by atoms with E-state index in [0.717, 1.165) is 6.07 Å². The van der Waals surface area contributed by atoms with Crippen LogP contribution in [0.2, 0.25) is 5.02 Å². The predicted molar refractivity (Wildman–Crippen MR) is 72.0 cm³/mol. The van der Waals surface area contributed by atoms with Crippen LogP contribution in [0.4, 0.5) is 13.2 Å². The highest BCUT2D eigenvalue weighted by atomic mass is 35.5. The molecule has 0 aliphatic rings. The average molecular weight is 338 g/mol. The third kappa shape index (κ3) is 4.41. The highest BCUT2D eigenvalue weighted by Crippen LogP contribution is 2.35. The normalized spacial score (nSPS) is 11.3. The van der Waals surface area contributed by atoms with Gasteiger partial charge in [-0.15, -0.1) is 24.8 Å². The molecule has 0 unspecified atom stereocenters. The molecule has 0 amide bonds. The van der Waals surface area contributed by atoms with Gasteiger partial charge in [-0.2, -0.15) is 0 Å². The quantitative estimate of drug-likeness (QED) is 0.721. The summed E-state index contributed by atoms with van der Waals surface area (Å²) in [6.07, 6.45) is -3.50. The summed E-state index contributed by atoms with van der Waals surface area (Å²) in [6.45, 7) is 0. The van der Waals surface area contributed by atoms with Crippen LogP contribution in [0, 0.1) is 0 Å². The van der Waals surface area contributed by atoms with E-state index in [1.807, 2.05) is 0 Å². The predicted octanol–water partition coefficient (Wildman–Crippen LogP) is 5.16. The van der Waals surface area contributed by atoms with Crippen molar-refractivity contribution in [1.29, 1.82) is 0 Å². The van der Waals surface area contributed by atoms with Gasteiger partial charge in [0.1, 0.15) is 0 Å². The molecular weight excluding hydrogens is 330 g/mol. The first-order valence-electron chi connectivity index (χ1n) is 5.62. The summed E-state index contributed by atoms with van der Waals surface area (Å²) in [6, 6.07) is 6.82. The highest BCUT2D eigenvalue weighted by molar-refractivity contribution is 6.32. The molecule has 112 valence electrons. The number of hydrogen-bond donors (Lipinski definition) is 0. The van der Waals surface area contributed by atoms with Crippen molar-refractivity contribution >= 4 is 23.2 Å². The topological polar surface area (TPSA) is 31.4 Å². The number of nitrogens with zero attached hydrogens (tertiary/aromatic N) is 1. The van der Waals surface area contributed by atoms with Crippen molar-refractivity contribution in [3.05, 3.63) is 47.1 Å². The zero-order valence-corrected chi connectivity index (χ0v) is 11.8. The van der Waals surface area contributed by atoms with Crippen LogP contribution in [0.5, 0.6) is 17.4 Å². The molecule has 1 aromatic heterocycles. The van der Waals surface area contributed by atoms with Crippen molar-refractivity contribution in [2.45, 2.75) is 12.2 Å². The molecule has 2 rings (SSSR count). The number of alkyl halides is 4. The van der Waals surface area contributed by atoms with E-state index in [1.165, 1.54) is 30.5 Å². The smallest absolute Gasteiger partial charge is 0.435 e. The number of rotatable bonds is 4. The van der Waals surface area contributed by atoms with Gasteiger partial charge in [0, 0.05) is 18.1 Å². The number of halogens is 5. The summed E-state index contributed by atoms with van der Waals surface area (Å²) in [7, 11) is 0. The van der Waals surface area contributed by atoms with Gasteiger partial charge in [-0.25, -0.2) is 4.98 Å². The molecule has 0 N–H and O–H groups in total. The van der Waals surface area contributed by atoms with Gasteiger partial charge in [-0.1, -0.05) is 23.7 Å². The first-order valence-corrected chi connectivity index (χ1v) is 6.53. The van der Waals surface area contributed by atoms with Crippen LogP contribution in [0.1, 0.15) is 5.56 Å². The molecule has 2 aromatic rings. The summed E-state index contributed by atoms with van der Waals surface area (Å²) in [5.41, 5.74) is 0.553. The van der Waals surface area contributed by atoms with E-state index in [4.69, 9.17) is 27.9 Å². The van der Waals surface area contributed by atoms with E-state index in [1.54, 1.807) is 0 Å². The SMILES string of the molecule is FC(F)(F)Oc1ccccc1Oc1cc(CCl)c(Cl)cn1. The minimum absolute atomic E-state index is 0.0632. The monoisotopic (exact) mass is 337 g/mol. The highest BCUT2D eigenvalue weighted by Gasteiger charge is 2.32. The Hall–Kier alpha value is -1.66. The van der Waals surface area contributed by atoms with Gasteiger partial charge in [0.15, 0.2) is 11.5 Å². The molecule has 1 aromatic carbocycles. The fraction of sp³-hybridized carbons (Fsp3) is 0.154. The molecule has 3 nitrogen and oxygen atoms in total. The van der Waals surface area contributed by atoms with Crippen LogP contribution >= 0.6 is 23.2 Å². The molecular formula is C13H8Cl2F3NO2. The lowest BCUT2D eigenvalue weighted by Gasteiger charge is -2.13. The number of ether oxygens (including phenoxy) is 2. The van der Waals surface area contributed by atoms with Crippen LogP contribution in [-0.4, -0.2) is 11.3 Å². The van der Waals surface area contributed by atoms with Gasteiger partial charge in [-0.05, 0) is 17.7 Å². The molecule has 21 heavy (non-hydrogen) atoms. The number of para-hydroxylation sites is 2. The minimum Gasteiger partial charge on any atom is -0.435 e. The van der Waals surface area contributed by atoms with Crippen LogP contribution in [0.25, 0.3) is 0 Å². The van der Waals surface area contributed by atoms with Gasteiger partial charge >= 0.3 is 6.36 Å². The Morgan fingerprint density at radius 2 is 1.81 bits per heavy atom. The van der Waals surface area contributed by atoms with Crippen molar-refractivity contribution < 1.29 is 22.6 Å². The molecule has 1 heterocycles. The zero-order valence-electron chi connectivity index (χ0n) is 10.3. The summed E-state index contributed by atoms with van der Waals surface area (Å²) in [5.74, 6) is -0.397. The first kappa shape index (κ1) is 15.7. The van der Waals surface area contributed by atoms with Gasteiger partial charge in [-0.3, -0.25) is 0 Å². The second kappa shape index (κ2) is 6.41. The van der Waals surface area contributed by atoms with Gasteiger partial charge in [0.2, 0.25) is 5.88 Å². The van der Waals surface area contributed by atoms with E-state index in [2.05, 4.69) is 9.72 Å². The molecule has 0 saturated carbocycles. The van der Waals surface area contributed by atoms with E-state index >= 15 is 0 Å². The van der Waals surface area contributed by atoms with Crippen LogP contribution in [0.3, 0.4) is 0 Å². The fourth-order valence-corrected chi connectivity index (χ4v) is 1.93. The number of hydrogen-bond acceptors (Lipinski definition) is 3. The molecule has 0 radical (unpaired) electrons. The Morgan fingerprint density at radius 1 is 1.14 bits per heavy atom. The summed E-state index contributed by atoms with van der Waals surface area (Å²) in [5, 5.41) is 0.345. The van der Waals surface area contributed by atoms with Crippen LogP contribution in [-0.2, 0) is 5.88 Å². The minimum atomic E-state index is -4.81. The largest absolute Gasteiger partial charge is 0.573 e. The van der Waals surface area contributed by atoms with Crippen molar-refractivity contribution in [2.24, 2.45) is 0 Å². The standard InChI is InChI=1S/C13H8Cl2F3NO2/c14-6-8-5-12(19-7-9(8)15)20-10-3-1-2-4-11(10)21-13(16,17)18/h1-5,7H,6H2. The van der Waals surface area contributed by atoms with Gasteiger partial charge < -0.3 is 9.47 Å². The summed E-state index contributed by atoms with van der Waals surface area (Å²) >= 11 is 11.5. The van der Waals surface area contributed by atoms with E-state index in [0.29, 0.717) is 10.6 Å². The number of benzene rings is 1. The van der Waals surface area contributed by atoms with Gasteiger partial charge in [0.05, 0.1) is 5.02 Å². The maximum absolute atomic E-state index is 12.3. The Bertz CT molecular complexity index is 635. The zero-order chi connectivity index (χ0) is 15.5. The second-order valence-electron chi connectivity index (χ2n) is 3.84. The van der Waals surface area contributed by atoms with Crippen molar-refractivity contribution in [3.8, 4) is 17.4 Å². The summed E-state index contributed by atoms with van der Waals surface area (Å²) in [4.78, 5) is 3.87. The lowest BCUT2D eigenvalue weighted by molar-refractivity contribution is -0.275. The molecule has 8 heteroatoms. The first-order chi connectivity index (χ1) is 9.89. The molecule has 0 fully saturated rings. The van der Waals surface area contributed by atoms with E-state index in [9.17, 15) is 13.2 Å². The molecule has 0 spiro atoms. The van der Waals surface area contributed by atoms with Gasteiger partial charge in [0.25, 0.3) is 0 Å². The lowest BCUT2D eigenvalue weighted by atomic mass is 10.3. The third-order valence-corrected chi connectivity index (χ3v) is 2.97. The molecule has 0 saturated heterocycles. The number of pyridine rings is 1. The Balaban J connectivity index is 2.27. The Labute approximate surface area is 128 Å². The average Bonchev–Trinajstić information content (AvgIpc) is 2.41. The van der Waals surface area contributed by atoms with Crippen molar-refractivity contribution in [1.82, 2.24) is 4.98 Å². The fourth-order valence-electron chi connectivity index (χ4n) is 1.47. The van der Waals surface area contributed by atoms with Crippen molar-refractivity contribution in [2.75, 3.05) is 0 Å². The van der Waals surface area contributed by atoms with Crippen LogP contribution in [0.15, 0.2) is 36.5 Å². The van der Waals surface area contributed by atoms with E-state index < -0.39 is 12.1 Å². The summed E-state index contributed by atoms with van der Waals surface area (Å²) < 4.78 is 46.1. The Morgan fingerprint density at radius 3 is 2.43 bits per heavy atom.